The fourth-order valence-corrected chi connectivity index (χ4v) is 17.9. The van der Waals surface area contributed by atoms with Gasteiger partial charge in [-0.1, -0.05) is 338 Å². The molecule has 0 radical (unpaired) electrons. The quantitative estimate of drug-likeness (QED) is 0.00910. The Bertz CT molecular complexity index is 6020. The van der Waals surface area contributed by atoms with Crippen LogP contribution in [0.5, 0.6) is 0 Å². The number of aromatic nitrogens is 2. The molecule has 8 heterocycles. The van der Waals surface area contributed by atoms with Gasteiger partial charge in [0.2, 0.25) is 16.5 Å². The standard InChI is InChI=1S/C18H15P.C12H10N2O3S2.2C12H10.2C11H8NO2P.C7H9NO3S2.C6H15N.C5H3BrO2.C5H4N3O2.6CH4.N3.Na/c1-4-10-16(11-5-1)19(17-12-6-2-7-13-17)18-14-8-3-9-15-18;15-10(16)2-1-4-14-11-9(19-12(14)18)6-8-7(13-11)3-5-17-8;2*1-3-7-11(8-4-1)12-9-5-2-6-10-12;2*13-8-11-10(6-7-14-11)12-15-9-4-2-1-3-5-9;9-5-4-13-7(12)8(5)3-1-2-6(10)11;1-4-7(5-2)6-3;6-4-1-2-8-5(4)3-7;6-8-7-4-1-2-10-5(4)3-9;;;;;;;1-3-2;/h1-15H;3,5-6H,1-2,4H2,(H,15,16);2*1-10H;2*1-8H;1-4H2,(H,10,11);4-6H2,1-3H3;1-3H;1-3,6H;6*1H4;;/q;;;;;;;;;+1;;;;;;;-1;+1. The maximum Gasteiger partial charge on any atom is 1.00 e. The van der Waals surface area contributed by atoms with Crippen molar-refractivity contribution in [3.05, 3.63) is 388 Å². The van der Waals surface area contributed by atoms with E-state index < -0.39 is 19.9 Å². The van der Waals surface area contributed by atoms with Gasteiger partial charge >= 0.3 is 41.5 Å². The molecule has 35 heteroatoms. The molecule has 17 rings (SSSR count). The number of carbonyl (C=O) groups excluding carboxylic acids is 5. The van der Waals surface area contributed by atoms with Crippen LogP contribution in [0.15, 0.2) is 382 Å². The van der Waals surface area contributed by atoms with Crippen molar-refractivity contribution in [2.75, 3.05) is 31.9 Å². The van der Waals surface area contributed by atoms with Crippen LogP contribution >= 0.6 is 88.1 Å². The minimum atomic E-state index is -0.842. The number of pyridine rings is 1. The zero-order valence-corrected chi connectivity index (χ0v) is 82.8. The molecule has 26 nitrogen and oxygen atoms in total. The summed E-state index contributed by atoms with van der Waals surface area (Å²) in [6, 6.07) is 104. The third-order valence-corrected chi connectivity index (χ3v) is 25.5. The molecule has 7 aromatic heterocycles. The summed E-state index contributed by atoms with van der Waals surface area (Å²) in [5.74, 6) is -0.272. The van der Waals surface area contributed by atoms with Gasteiger partial charge < -0.3 is 52.8 Å². The predicted molar refractivity (Wildman–Crippen MR) is 583 cm³/mol. The fourth-order valence-electron chi connectivity index (χ4n) is 11.4. The second-order valence-electron chi connectivity index (χ2n) is 26.6. The van der Waals surface area contributed by atoms with Gasteiger partial charge in [-0.2, -0.15) is 0 Å². The Labute approximate surface area is 872 Å². The van der Waals surface area contributed by atoms with Crippen molar-refractivity contribution in [3.63, 3.8) is 0 Å². The number of thiocarbonyl (C=S) groups is 1. The number of hydrogen-bond acceptors (Lipinski definition) is 22. The molecule has 1 aliphatic rings. The number of carboxylic acid groups (broad SMARTS) is 2. The van der Waals surface area contributed by atoms with Gasteiger partial charge in [0.05, 0.1) is 46.2 Å². The Hall–Kier alpha value is -12.9. The monoisotopic (exact) mass is 2090 g/mol. The number of rotatable bonds is 25. The fraction of sp³-hybridized carbons (Fsp3) is 0.181. The van der Waals surface area contributed by atoms with Gasteiger partial charge in [-0.15, -0.1) is 11.3 Å². The number of amides is 1. The zero-order chi connectivity index (χ0) is 95.4. The number of nitrogens with one attached hydrogen (secondary N) is 1. The summed E-state index contributed by atoms with van der Waals surface area (Å²) in [5, 5.41) is 26.7. The number of benzene rings is 9. The van der Waals surface area contributed by atoms with Crippen LogP contribution in [0.4, 0.5) is 17.1 Å². The number of aliphatic carboxylic acids is 2. The Morgan fingerprint density at radius 3 is 1.14 bits per heavy atom. The van der Waals surface area contributed by atoms with Crippen molar-refractivity contribution in [1.29, 1.82) is 5.53 Å². The van der Waals surface area contributed by atoms with E-state index in [0.717, 1.165) is 48.8 Å². The first-order valence-electron chi connectivity index (χ1n) is 40.9. The van der Waals surface area contributed by atoms with E-state index in [2.05, 4.69) is 259 Å². The van der Waals surface area contributed by atoms with Gasteiger partial charge in [-0.05, 0) is 137 Å². The molecule has 0 unspecified atom stereocenters. The van der Waals surface area contributed by atoms with Crippen molar-refractivity contribution < 1.29 is 95.4 Å². The summed E-state index contributed by atoms with van der Waals surface area (Å²) in [6.45, 7) is 11.1. The van der Waals surface area contributed by atoms with E-state index in [0.29, 0.717) is 86.7 Å². The molecule has 0 aliphatic carbocycles. The van der Waals surface area contributed by atoms with Gasteiger partial charge in [-0.3, -0.25) is 43.4 Å². The Balaban J connectivity index is 0.00000154. The number of thiazole rings is 1. The molecule has 3 N–H and O–H groups in total. The first-order chi connectivity index (χ1) is 64.9. The van der Waals surface area contributed by atoms with Crippen molar-refractivity contribution in [3.8, 4) is 22.3 Å². The number of aryl methyl sites for hydroxylation is 1. The van der Waals surface area contributed by atoms with Gasteiger partial charge in [0.25, 0.3) is 0 Å². The minimum Gasteiger partial charge on any atom is -0.481 e. The summed E-state index contributed by atoms with van der Waals surface area (Å²) in [5.41, 5.74) is 28.7. The van der Waals surface area contributed by atoms with Gasteiger partial charge in [0.1, 0.15) is 26.7 Å². The largest absolute Gasteiger partial charge is 1.00 e. The normalized spacial score (nSPS) is 10.2. The van der Waals surface area contributed by atoms with Crippen molar-refractivity contribution in [1.82, 2.24) is 24.3 Å². The molecule has 0 spiro atoms. The van der Waals surface area contributed by atoms with E-state index in [1.165, 1.54) is 122 Å². The van der Waals surface area contributed by atoms with Crippen LogP contribution in [0.2, 0.25) is 0 Å². The topological polar surface area (TPSA) is 384 Å². The molecule has 1 aliphatic heterocycles. The Morgan fingerprint density at radius 1 is 0.500 bits per heavy atom. The number of furan rings is 5. The molecule has 726 valence electrons. The number of nitrogens with zero attached hydrogens (tertiary/aromatic N) is 11. The van der Waals surface area contributed by atoms with Crippen LogP contribution in [0.25, 0.3) is 59.7 Å². The molecule has 1 fully saturated rings. The Morgan fingerprint density at radius 2 is 0.829 bits per heavy atom. The number of hydrogen-bond donors (Lipinski definition) is 3. The number of aldehydes is 4. The molecule has 0 bridgehead atoms. The van der Waals surface area contributed by atoms with Crippen LogP contribution in [-0.4, -0.2) is 109 Å². The summed E-state index contributed by atoms with van der Waals surface area (Å²) < 4.78 is 37.9. The van der Waals surface area contributed by atoms with Gasteiger partial charge in [-0.25, -0.2) is 14.5 Å². The van der Waals surface area contributed by atoms with Gasteiger partial charge in [0, 0.05) is 83.6 Å². The second kappa shape index (κ2) is 75.1. The van der Waals surface area contributed by atoms with Crippen molar-refractivity contribution in [2.24, 2.45) is 14.6 Å². The molecule has 0 saturated carbocycles. The average Bonchev–Trinajstić information content (AvgIpc) is 1.62. The number of carboxylic acids is 2. The zero-order valence-electron chi connectivity index (χ0n) is 73.3. The Kier molecular flexibility index (Phi) is 68.2. The molecular weight excluding hydrogens is 1980 g/mol. The SMILES string of the molecule is C.C.C.C.C.C.CCN(CC)CC.N=[N+]=Nc1ccoc1C=O.O=C(O)CCCN1C(=O)CSC1=S.O=C(O)CCCn1c(=S)sc2cc3occc3nc21.O=Cc1occc1Br.O=Cc1occc1N=Pc1ccccc1.O=Cc1occc1N=Pc1ccccc1.[N-]=[N+]=[N-].[Na+].c1ccc(-c2ccccc2)cc1.c1ccc(-c2ccccc2)cc1.c1ccc(P(c2ccccc2)c2ccccc2)cc1. The smallest absolute Gasteiger partial charge is 0.481 e. The van der Waals surface area contributed by atoms with E-state index in [-0.39, 0.29) is 116 Å². The van der Waals surface area contributed by atoms with Crippen LogP contribution in [0, 0.1) is 9.49 Å². The maximum atomic E-state index is 11.1. The first-order valence-corrected chi connectivity index (χ1v) is 47.3. The summed E-state index contributed by atoms with van der Waals surface area (Å²) in [7, 11) is 1.17. The molecule has 1 amide bonds. The number of fused-ring (bicyclic) bond motifs is 2. The van der Waals surface area contributed by atoms with E-state index in [4.69, 9.17) is 68.9 Å². The van der Waals surface area contributed by atoms with E-state index in [9.17, 15) is 33.6 Å². The average molecular weight is 2090 g/mol. The van der Waals surface area contributed by atoms with E-state index in [1.807, 2.05) is 95.6 Å². The molecule has 140 heavy (non-hydrogen) atoms. The minimum absolute atomic E-state index is 0. The summed E-state index contributed by atoms with van der Waals surface area (Å²) in [6.07, 6.45) is 11.0. The first kappa shape index (κ1) is 127. The van der Waals surface area contributed by atoms with Crippen LogP contribution in [0.1, 0.15) is 133 Å². The molecule has 1 saturated heterocycles. The van der Waals surface area contributed by atoms with E-state index >= 15 is 0 Å². The third-order valence-electron chi connectivity index (χ3n) is 17.9. The molecule has 9 aromatic carbocycles. The van der Waals surface area contributed by atoms with Gasteiger partial charge in [0.15, 0.2) is 68.5 Å². The van der Waals surface area contributed by atoms with Crippen molar-refractivity contribution in [2.45, 2.75) is 97.6 Å². The summed E-state index contributed by atoms with van der Waals surface area (Å²) in [4.78, 5) is 85.7. The summed E-state index contributed by atoms with van der Waals surface area (Å²) >= 11 is 16.1. The third kappa shape index (κ3) is 45.8. The van der Waals surface area contributed by atoms with Crippen LogP contribution < -0.4 is 61.0 Å². The molecule has 0 atom stereocenters. The number of halogens is 1. The van der Waals surface area contributed by atoms with E-state index in [1.54, 1.807) is 30.5 Å². The second-order valence-corrected chi connectivity index (χ2v) is 34.8. The molecule has 16 aromatic rings. The van der Waals surface area contributed by atoms with Crippen LogP contribution in [0.3, 0.4) is 0 Å². The van der Waals surface area contributed by atoms with Crippen molar-refractivity contribution >= 4 is 200 Å². The number of carbonyl (C=O) groups is 7. The molecular formula is C105H116BrN12NaO14P3S4+. The van der Waals surface area contributed by atoms with Crippen LogP contribution in [-0.2, 0) is 20.9 Å². The predicted octanol–water partition coefficient (Wildman–Crippen LogP) is 26.8. The number of thioether (sulfide) groups is 1. The maximum absolute atomic E-state index is 11.1.